The minimum Gasteiger partial charge on any atom is -0.393 e. The molecule has 17 heavy (non-hydrogen) atoms. The van der Waals surface area contributed by atoms with Gasteiger partial charge in [0.2, 0.25) is 5.91 Å². The molecule has 2 unspecified atom stereocenters. The molecule has 96 valence electrons. The fourth-order valence-electron chi connectivity index (χ4n) is 2.21. The summed E-state index contributed by atoms with van der Waals surface area (Å²) in [7, 11) is 0. The molecule has 1 aliphatic heterocycles. The molecular formula is C13H22N2O2. The van der Waals surface area contributed by atoms with Gasteiger partial charge in [0.05, 0.1) is 12.2 Å². The minimum absolute atomic E-state index is 0.0634. The second kappa shape index (κ2) is 5.50. The number of hydrogen-bond acceptors (Lipinski definition) is 3. The summed E-state index contributed by atoms with van der Waals surface area (Å²) in [6.07, 6.45) is 1.89. The third-order valence-corrected chi connectivity index (χ3v) is 3.93. The molecular weight excluding hydrogens is 216 g/mol. The van der Waals surface area contributed by atoms with Crippen molar-refractivity contribution in [2.45, 2.75) is 46.1 Å². The second-order valence-corrected chi connectivity index (χ2v) is 5.17. The topological polar surface area (TPSA) is 64.3 Å². The first kappa shape index (κ1) is 14.0. The number of carbonyl (C=O) groups is 1. The first-order valence-electron chi connectivity index (χ1n) is 6.33. The summed E-state index contributed by atoms with van der Waals surface area (Å²) >= 11 is 0. The smallest absolute Gasteiger partial charge is 0.242 e. The van der Waals surface area contributed by atoms with Gasteiger partial charge in [0.15, 0.2) is 0 Å². The maximum Gasteiger partial charge on any atom is 0.242 e. The Morgan fingerprint density at radius 3 is 2.47 bits per heavy atom. The average Bonchev–Trinajstić information content (AvgIpc) is 2.37. The highest BCUT2D eigenvalue weighted by Gasteiger charge is 2.37. The molecule has 4 nitrogen and oxygen atoms in total. The molecule has 0 aromatic heterocycles. The maximum atomic E-state index is 12.2. The molecule has 0 spiro atoms. The fourth-order valence-corrected chi connectivity index (χ4v) is 2.21. The predicted molar refractivity (Wildman–Crippen MR) is 65.0 cm³/mol. The van der Waals surface area contributed by atoms with Crippen LogP contribution in [0, 0.1) is 22.7 Å². The first-order valence-corrected chi connectivity index (χ1v) is 6.33. The normalized spacial score (nSPS) is 22.6. The van der Waals surface area contributed by atoms with Gasteiger partial charge in [-0.05, 0) is 39.0 Å². The number of aliphatic hydroxyl groups is 1. The van der Waals surface area contributed by atoms with Gasteiger partial charge in [0, 0.05) is 13.1 Å². The van der Waals surface area contributed by atoms with Gasteiger partial charge in [-0.25, -0.2) is 0 Å². The quantitative estimate of drug-likeness (QED) is 0.811. The average molecular weight is 238 g/mol. The highest BCUT2D eigenvalue weighted by atomic mass is 16.3. The largest absolute Gasteiger partial charge is 0.393 e. The van der Waals surface area contributed by atoms with Crippen molar-refractivity contribution in [2.75, 3.05) is 13.1 Å². The number of hydrogen-bond donors (Lipinski definition) is 1. The lowest BCUT2D eigenvalue weighted by molar-refractivity contribution is -0.140. The van der Waals surface area contributed by atoms with Gasteiger partial charge >= 0.3 is 0 Å². The van der Waals surface area contributed by atoms with Crippen LogP contribution in [0.1, 0.15) is 40.0 Å². The zero-order chi connectivity index (χ0) is 13.1. The van der Waals surface area contributed by atoms with Gasteiger partial charge in [-0.15, -0.1) is 0 Å². The summed E-state index contributed by atoms with van der Waals surface area (Å²) in [5.74, 6) is 0.223. The molecule has 0 saturated carbocycles. The van der Waals surface area contributed by atoms with Crippen LogP contribution in [0.5, 0.6) is 0 Å². The third-order valence-electron chi connectivity index (χ3n) is 3.93. The Balaban J connectivity index is 2.61. The molecule has 1 amide bonds. The Morgan fingerprint density at radius 2 is 2.12 bits per heavy atom. The highest BCUT2D eigenvalue weighted by Crippen LogP contribution is 2.27. The van der Waals surface area contributed by atoms with Gasteiger partial charge in [-0.3, -0.25) is 4.79 Å². The Labute approximate surface area is 103 Å². The van der Waals surface area contributed by atoms with Crippen molar-refractivity contribution >= 4 is 5.91 Å². The number of rotatable bonds is 3. The molecule has 1 rings (SSSR count). The van der Waals surface area contributed by atoms with Crippen LogP contribution in [0.4, 0.5) is 0 Å². The van der Waals surface area contributed by atoms with Crippen LogP contribution in [-0.2, 0) is 4.79 Å². The molecule has 0 bridgehead atoms. The van der Waals surface area contributed by atoms with E-state index in [-0.39, 0.29) is 17.9 Å². The molecule has 2 atom stereocenters. The van der Waals surface area contributed by atoms with E-state index in [4.69, 9.17) is 5.26 Å². The summed E-state index contributed by atoms with van der Waals surface area (Å²) in [6.45, 7) is 6.69. The van der Waals surface area contributed by atoms with Crippen LogP contribution >= 0.6 is 0 Å². The Kier molecular flexibility index (Phi) is 4.53. The molecule has 4 heteroatoms. The van der Waals surface area contributed by atoms with Crippen molar-refractivity contribution in [2.24, 2.45) is 11.3 Å². The Hall–Kier alpha value is -1.08. The van der Waals surface area contributed by atoms with Crippen LogP contribution in [0.3, 0.4) is 0 Å². The van der Waals surface area contributed by atoms with E-state index in [1.54, 1.807) is 18.7 Å². The van der Waals surface area contributed by atoms with Crippen molar-refractivity contribution < 1.29 is 9.90 Å². The molecule has 0 aromatic carbocycles. The SMILES string of the molecule is CCC(C)(C#N)C(=O)N1CCC(C(C)O)CC1. The number of likely N-dealkylation sites (tertiary alicyclic amines) is 1. The van der Waals surface area contributed by atoms with Crippen molar-refractivity contribution in [1.82, 2.24) is 4.90 Å². The van der Waals surface area contributed by atoms with E-state index in [0.29, 0.717) is 19.5 Å². The standard InChI is InChI=1S/C13H22N2O2/c1-4-13(3,9-14)12(17)15-7-5-11(6-8-15)10(2)16/h10-11,16H,4-8H2,1-3H3. The van der Waals surface area contributed by atoms with Gasteiger partial charge in [-0.1, -0.05) is 6.92 Å². The molecule has 0 aliphatic carbocycles. The van der Waals surface area contributed by atoms with Crippen LogP contribution in [0.2, 0.25) is 0 Å². The number of aliphatic hydroxyl groups excluding tert-OH is 1. The zero-order valence-corrected chi connectivity index (χ0v) is 10.9. The number of piperidine rings is 1. The predicted octanol–water partition coefficient (Wildman–Crippen LogP) is 1.55. The summed E-state index contributed by atoms with van der Waals surface area (Å²) in [5, 5.41) is 18.6. The second-order valence-electron chi connectivity index (χ2n) is 5.17. The summed E-state index contributed by atoms with van der Waals surface area (Å²) in [4.78, 5) is 14.0. The minimum atomic E-state index is -0.891. The van der Waals surface area contributed by atoms with Crippen LogP contribution in [-0.4, -0.2) is 35.1 Å². The van der Waals surface area contributed by atoms with Crippen LogP contribution in [0.15, 0.2) is 0 Å². The van der Waals surface area contributed by atoms with Crippen LogP contribution in [0.25, 0.3) is 0 Å². The third kappa shape index (κ3) is 2.98. The molecule has 1 N–H and O–H groups in total. The van der Waals surface area contributed by atoms with Crippen molar-refractivity contribution in [3.8, 4) is 6.07 Å². The van der Waals surface area contributed by atoms with Crippen molar-refractivity contribution in [1.29, 1.82) is 5.26 Å². The van der Waals surface area contributed by atoms with E-state index in [2.05, 4.69) is 6.07 Å². The fraction of sp³-hybridized carbons (Fsp3) is 0.846. The monoisotopic (exact) mass is 238 g/mol. The van der Waals surface area contributed by atoms with Crippen LogP contribution < -0.4 is 0 Å². The first-order chi connectivity index (χ1) is 7.94. The molecule has 1 saturated heterocycles. The number of carbonyl (C=O) groups excluding carboxylic acids is 1. The van der Waals surface area contributed by atoms with E-state index in [1.807, 2.05) is 6.92 Å². The van der Waals surface area contributed by atoms with Gasteiger partial charge in [0.25, 0.3) is 0 Å². The maximum absolute atomic E-state index is 12.2. The molecule has 0 aromatic rings. The van der Waals surface area contributed by atoms with E-state index < -0.39 is 5.41 Å². The number of nitrogens with zero attached hydrogens (tertiary/aromatic N) is 2. The molecule has 1 heterocycles. The molecule has 1 fully saturated rings. The van der Waals surface area contributed by atoms with Gasteiger partial charge in [0.1, 0.15) is 5.41 Å². The van der Waals surface area contributed by atoms with E-state index in [9.17, 15) is 9.90 Å². The van der Waals surface area contributed by atoms with Crippen molar-refractivity contribution in [3.63, 3.8) is 0 Å². The molecule has 0 radical (unpaired) electrons. The Bertz CT molecular complexity index is 314. The van der Waals surface area contributed by atoms with Crippen molar-refractivity contribution in [3.05, 3.63) is 0 Å². The van der Waals surface area contributed by atoms with E-state index >= 15 is 0 Å². The zero-order valence-electron chi connectivity index (χ0n) is 10.9. The van der Waals surface area contributed by atoms with E-state index in [0.717, 1.165) is 12.8 Å². The molecule has 1 aliphatic rings. The number of nitriles is 1. The lowest BCUT2D eigenvalue weighted by Gasteiger charge is -2.36. The lowest BCUT2D eigenvalue weighted by Crippen LogP contribution is -2.46. The summed E-state index contributed by atoms with van der Waals surface area (Å²) < 4.78 is 0. The highest BCUT2D eigenvalue weighted by molar-refractivity contribution is 5.85. The summed E-state index contributed by atoms with van der Waals surface area (Å²) in [6, 6.07) is 2.12. The van der Waals surface area contributed by atoms with Gasteiger partial charge in [-0.2, -0.15) is 5.26 Å². The Morgan fingerprint density at radius 1 is 1.59 bits per heavy atom. The lowest BCUT2D eigenvalue weighted by atomic mass is 9.85. The number of amides is 1. The summed E-state index contributed by atoms with van der Waals surface area (Å²) in [5.41, 5.74) is -0.891. The van der Waals surface area contributed by atoms with E-state index in [1.165, 1.54) is 0 Å². The van der Waals surface area contributed by atoms with Gasteiger partial charge < -0.3 is 10.0 Å².